The topological polar surface area (TPSA) is 102 Å². The normalized spacial score (nSPS) is 15.9. The zero-order valence-corrected chi connectivity index (χ0v) is 18.1. The molecule has 32 heavy (non-hydrogen) atoms. The number of hydrogen-bond acceptors (Lipinski definition) is 6. The number of carboxylic acid groups (broad SMARTS) is 1. The van der Waals surface area contributed by atoms with Crippen molar-refractivity contribution in [1.82, 2.24) is 15.5 Å². The van der Waals surface area contributed by atoms with Gasteiger partial charge in [-0.05, 0) is 62.9 Å². The van der Waals surface area contributed by atoms with Gasteiger partial charge in [0.15, 0.2) is 0 Å². The maximum atomic E-state index is 11.2. The first-order valence-corrected chi connectivity index (χ1v) is 10.5. The second-order valence-corrected chi connectivity index (χ2v) is 8.08. The minimum absolute atomic E-state index is 0.0304. The van der Waals surface area contributed by atoms with E-state index in [-0.39, 0.29) is 12.1 Å². The summed E-state index contributed by atoms with van der Waals surface area (Å²) in [6, 6.07) is 10.4. The minimum atomic E-state index is -0.874. The van der Waals surface area contributed by atoms with Gasteiger partial charge in [0.05, 0.1) is 12.7 Å². The molecule has 8 nitrogen and oxygen atoms in total. The molecule has 0 aliphatic heterocycles. The predicted octanol–water partition coefficient (Wildman–Crippen LogP) is 4.79. The van der Waals surface area contributed by atoms with Crippen molar-refractivity contribution < 1.29 is 19.2 Å². The van der Waals surface area contributed by atoms with Crippen LogP contribution in [0.4, 0.5) is 5.69 Å². The van der Waals surface area contributed by atoms with E-state index in [0.29, 0.717) is 28.7 Å². The molecule has 0 saturated heterocycles. The van der Waals surface area contributed by atoms with Crippen LogP contribution in [-0.4, -0.2) is 33.4 Å². The molecule has 0 spiro atoms. The van der Waals surface area contributed by atoms with Crippen LogP contribution < -0.4 is 10.1 Å². The Bertz CT molecular complexity index is 1190. The molecule has 1 aromatic heterocycles. The number of benzene rings is 2. The summed E-state index contributed by atoms with van der Waals surface area (Å²) in [5.74, 6) is 0.441. The van der Waals surface area contributed by atoms with Crippen molar-refractivity contribution in [3.8, 4) is 28.6 Å². The van der Waals surface area contributed by atoms with Gasteiger partial charge in [0.1, 0.15) is 11.8 Å². The summed E-state index contributed by atoms with van der Waals surface area (Å²) >= 11 is 0. The lowest BCUT2D eigenvalue weighted by Crippen LogP contribution is -2.35. The molecule has 2 N–H and O–H groups in total. The molecule has 0 radical (unpaired) electrons. The molecule has 2 aromatic carbocycles. The van der Waals surface area contributed by atoms with E-state index in [1.165, 1.54) is 0 Å². The molecule has 8 heteroatoms. The van der Waals surface area contributed by atoms with Crippen molar-refractivity contribution in [2.75, 3.05) is 0 Å². The quantitative estimate of drug-likeness (QED) is 0.518. The van der Waals surface area contributed by atoms with E-state index < -0.39 is 12.0 Å². The Morgan fingerprint density at radius 1 is 1.31 bits per heavy atom. The van der Waals surface area contributed by atoms with E-state index in [2.05, 4.69) is 20.3 Å². The standard InChI is InChI=1S/C24H24N4O4/c1-13(2)31-21-11-8-15(12-20(21)25-4)23-27-22(28-32-23)18-7-5-6-17-16(18)9-10-19(17)26-14(3)24(29)30/h5-8,11-14,19,26H,9-10H2,1-3H3,(H,29,30)/t14-,19+/m0/s1. The van der Waals surface area contributed by atoms with Crippen molar-refractivity contribution in [3.63, 3.8) is 0 Å². The molecular formula is C24H24N4O4. The summed E-state index contributed by atoms with van der Waals surface area (Å²) in [5, 5.41) is 16.6. The highest BCUT2D eigenvalue weighted by Crippen LogP contribution is 2.38. The maximum Gasteiger partial charge on any atom is 0.320 e. The Morgan fingerprint density at radius 3 is 2.84 bits per heavy atom. The zero-order valence-electron chi connectivity index (χ0n) is 18.1. The lowest BCUT2D eigenvalue weighted by atomic mass is 10.0. The lowest BCUT2D eigenvalue weighted by Gasteiger charge is -2.17. The van der Waals surface area contributed by atoms with Crippen LogP contribution in [0.5, 0.6) is 5.75 Å². The zero-order chi connectivity index (χ0) is 22.8. The number of carboxylic acids is 1. The number of nitrogens with zero attached hydrogens (tertiary/aromatic N) is 3. The van der Waals surface area contributed by atoms with Crippen molar-refractivity contribution in [2.45, 2.75) is 51.8 Å². The Kier molecular flexibility index (Phi) is 5.93. The van der Waals surface area contributed by atoms with Crippen LogP contribution in [-0.2, 0) is 11.2 Å². The summed E-state index contributed by atoms with van der Waals surface area (Å²) < 4.78 is 11.2. The fraction of sp³-hybridized carbons (Fsp3) is 0.333. The van der Waals surface area contributed by atoms with Gasteiger partial charge in [-0.1, -0.05) is 23.4 Å². The molecule has 164 valence electrons. The van der Waals surface area contributed by atoms with Gasteiger partial charge in [-0.2, -0.15) is 4.98 Å². The van der Waals surface area contributed by atoms with Crippen molar-refractivity contribution in [2.24, 2.45) is 0 Å². The van der Waals surface area contributed by atoms with E-state index in [0.717, 1.165) is 29.5 Å². The van der Waals surface area contributed by atoms with Crippen molar-refractivity contribution in [1.29, 1.82) is 0 Å². The van der Waals surface area contributed by atoms with Gasteiger partial charge in [-0.25, -0.2) is 4.85 Å². The van der Waals surface area contributed by atoms with Gasteiger partial charge in [0, 0.05) is 17.2 Å². The number of nitrogens with one attached hydrogen (secondary N) is 1. The fourth-order valence-corrected chi connectivity index (χ4v) is 3.95. The van der Waals surface area contributed by atoms with Gasteiger partial charge < -0.3 is 14.4 Å². The van der Waals surface area contributed by atoms with Crippen LogP contribution in [0.3, 0.4) is 0 Å². The lowest BCUT2D eigenvalue weighted by molar-refractivity contribution is -0.139. The van der Waals surface area contributed by atoms with Crippen LogP contribution in [0, 0.1) is 6.57 Å². The van der Waals surface area contributed by atoms with Crippen LogP contribution in [0.25, 0.3) is 27.7 Å². The number of carbonyl (C=O) groups is 1. The molecule has 0 saturated carbocycles. The third kappa shape index (κ3) is 4.20. The van der Waals surface area contributed by atoms with E-state index in [1.807, 2.05) is 32.0 Å². The Morgan fingerprint density at radius 2 is 2.12 bits per heavy atom. The minimum Gasteiger partial charge on any atom is -0.502 e. The van der Waals surface area contributed by atoms with E-state index in [9.17, 15) is 9.90 Å². The molecule has 0 unspecified atom stereocenters. The Labute approximate surface area is 186 Å². The smallest absolute Gasteiger partial charge is 0.320 e. The number of hydrogen-bond donors (Lipinski definition) is 2. The fourth-order valence-electron chi connectivity index (χ4n) is 3.95. The number of fused-ring (bicyclic) bond motifs is 1. The molecule has 4 rings (SSSR count). The first kappa shape index (κ1) is 21.5. The highest BCUT2D eigenvalue weighted by molar-refractivity contribution is 5.73. The van der Waals surface area contributed by atoms with Gasteiger partial charge in [-0.15, -0.1) is 0 Å². The molecule has 1 heterocycles. The van der Waals surface area contributed by atoms with Crippen LogP contribution in [0.1, 0.15) is 44.4 Å². The highest BCUT2D eigenvalue weighted by atomic mass is 16.5. The first-order valence-electron chi connectivity index (χ1n) is 10.5. The molecule has 2 atom stereocenters. The number of rotatable bonds is 7. The average molecular weight is 432 g/mol. The predicted molar refractivity (Wildman–Crippen MR) is 118 cm³/mol. The van der Waals surface area contributed by atoms with E-state index in [1.54, 1.807) is 25.1 Å². The molecule has 3 aromatic rings. The Balaban J connectivity index is 1.62. The summed E-state index contributed by atoms with van der Waals surface area (Å²) in [4.78, 5) is 19.3. The number of aliphatic carboxylic acids is 1. The molecule has 0 amide bonds. The first-order chi connectivity index (χ1) is 15.4. The van der Waals surface area contributed by atoms with E-state index >= 15 is 0 Å². The highest BCUT2D eigenvalue weighted by Gasteiger charge is 2.28. The second-order valence-electron chi connectivity index (χ2n) is 8.08. The van der Waals surface area contributed by atoms with Gasteiger partial charge in [0.2, 0.25) is 11.5 Å². The Hall–Kier alpha value is -3.70. The molecule has 0 bridgehead atoms. The monoisotopic (exact) mass is 432 g/mol. The molecule has 1 aliphatic carbocycles. The third-order valence-electron chi connectivity index (χ3n) is 5.45. The van der Waals surface area contributed by atoms with Gasteiger partial charge in [0.25, 0.3) is 5.89 Å². The van der Waals surface area contributed by atoms with Crippen LogP contribution in [0.2, 0.25) is 0 Å². The second kappa shape index (κ2) is 8.81. The van der Waals surface area contributed by atoms with Crippen molar-refractivity contribution in [3.05, 3.63) is 58.9 Å². The summed E-state index contributed by atoms with van der Waals surface area (Å²) in [6.07, 6.45) is 1.57. The van der Waals surface area contributed by atoms with Crippen LogP contribution >= 0.6 is 0 Å². The van der Waals surface area contributed by atoms with Crippen LogP contribution in [0.15, 0.2) is 40.9 Å². The summed E-state index contributed by atoms with van der Waals surface area (Å²) in [7, 11) is 0. The maximum absolute atomic E-state index is 11.2. The third-order valence-corrected chi connectivity index (χ3v) is 5.45. The molecule has 0 fully saturated rings. The summed E-state index contributed by atoms with van der Waals surface area (Å²) in [6.45, 7) is 12.9. The van der Waals surface area contributed by atoms with E-state index in [4.69, 9.17) is 15.8 Å². The number of ether oxygens (including phenoxy) is 1. The van der Waals surface area contributed by atoms with Gasteiger partial charge >= 0.3 is 5.97 Å². The SMILES string of the molecule is [C-]#[N+]c1cc(-c2nc(-c3cccc4c3CC[C@H]4N[C@@H](C)C(=O)O)no2)ccc1OC(C)C. The average Bonchev–Trinajstić information content (AvgIpc) is 3.41. The number of aromatic nitrogens is 2. The van der Waals surface area contributed by atoms with Gasteiger partial charge in [-0.3, -0.25) is 10.1 Å². The summed E-state index contributed by atoms with van der Waals surface area (Å²) in [5.41, 5.74) is 4.06. The molecule has 1 aliphatic rings. The largest absolute Gasteiger partial charge is 0.502 e. The van der Waals surface area contributed by atoms with Crippen molar-refractivity contribution >= 4 is 11.7 Å². The molecular weight excluding hydrogens is 408 g/mol.